The Morgan fingerprint density at radius 3 is 2.77 bits per heavy atom. The van der Waals surface area contributed by atoms with Crippen molar-refractivity contribution in [1.82, 2.24) is 20.0 Å². The Hall–Kier alpha value is -3.81. The van der Waals surface area contributed by atoms with Crippen LogP contribution in [0.25, 0.3) is 22.4 Å². The molecule has 0 saturated carbocycles. The Kier molecular flexibility index (Phi) is 6.16. The summed E-state index contributed by atoms with van der Waals surface area (Å²) in [6.45, 7) is 0.731. The van der Waals surface area contributed by atoms with Crippen molar-refractivity contribution in [2.75, 3.05) is 6.54 Å². The summed E-state index contributed by atoms with van der Waals surface area (Å²) < 4.78 is 20.0. The summed E-state index contributed by atoms with van der Waals surface area (Å²) in [5.74, 6) is -0.586. The molecule has 0 bridgehead atoms. The van der Waals surface area contributed by atoms with Gasteiger partial charge in [0.2, 0.25) is 5.91 Å². The van der Waals surface area contributed by atoms with E-state index in [1.165, 1.54) is 34.7 Å². The van der Waals surface area contributed by atoms with E-state index in [1.54, 1.807) is 6.07 Å². The standard InChI is InChI=1S/C23H21FN4O3/c24-18-10-4-9-17(14-18)21-20-22(31-27-21)26-15-28(23(20)30)13-11-19(29)25-12-5-8-16-6-2-1-3-7-16/h1-4,6-7,9-10,14-15H,5,8,11-13H2,(H,25,29). The van der Waals surface area contributed by atoms with E-state index in [0.29, 0.717) is 12.1 Å². The van der Waals surface area contributed by atoms with Crippen LogP contribution >= 0.6 is 0 Å². The van der Waals surface area contributed by atoms with Crippen LogP contribution in [-0.2, 0) is 17.8 Å². The van der Waals surface area contributed by atoms with Crippen molar-refractivity contribution < 1.29 is 13.7 Å². The van der Waals surface area contributed by atoms with E-state index >= 15 is 0 Å². The molecular formula is C23H21FN4O3. The lowest BCUT2D eigenvalue weighted by molar-refractivity contribution is -0.121. The van der Waals surface area contributed by atoms with E-state index in [1.807, 2.05) is 18.2 Å². The summed E-state index contributed by atoms with van der Waals surface area (Å²) in [5, 5.41) is 6.92. The van der Waals surface area contributed by atoms with Gasteiger partial charge in [0.05, 0.1) is 0 Å². The molecule has 7 nitrogen and oxygen atoms in total. The van der Waals surface area contributed by atoms with Crippen LogP contribution in [0.1, 0.15) is 18.4 Å². The lowest BCUT2D eigenvalue weighted by Crippen LogP contribution is -2.28. The number of amides is 1. The Balaban J connectivity index is 1.38. The van der Waals surface area contributed by atoms with Crippen LogP contribution in [-0.4, -0.2) is 27.2 Å². The summed E-state index contributed by atoms with van der Waals surface area (Å²) in [5.41, 5.74) is 1.57. The van der Waals surface area contributed by atoms with Crippen LogP contribution in [0.2, 0.25) is 0 Å². The Morgan fingerprint density at radius 2 is 1.97 bits per heavy atom. The molecule has 1 amide bonds. The summed E-state index contributed by atoms with van der Waals surface area (Å²) >= 11 is 0. The van der Waals surface area contributed by atoms with Crippen molar-refractivity contribution in [2.24, 2.45) is 0 Å². The Labute approximate surface area is 177 Å². The van der Waals surface area contributed by atoms with Gasteiger partial charge in [0.15, 0.2) is 0 Å². The number of hydrogen-bond acceptors (Lipinski definition) is 5. The molecule has 0 spiro atoms. The van der Waals surface area contributed by atoms with E-state index in [9.17, 15) is 14.0 Å². The van der Waals surface area contributed by atoms with Crippen LogP contribution in [0, 0.1) is 5.82 Å². The minimum Gasteiger partial charge on any atom is -0.356 e. The number of hydrogen-bond donors (Lipinski definition) is 1. The summed E-state index contributed by atoms with van der Waals surface area (Å²) in [6, 6.07) is 15.8. The number of nitrogens with one attached hydrogen (secondary N) is 1. The van der Waals surface area contributed by atoms with Crippen molar-refractivity contribution in [3.63, 3.8) is 0 Å². The maximum atomic E-state index is 13.6. The predicted octanol–water partition coefficient (Wildman–Crippen LogP) is 3.33. The molecule has 0 aliphatic heterocycles. The SMILES string of the molecule is O=C(CCn1cnc2onc(-c3cccc(F)c3)c2c1=O)NCCCc1ccccc1. The monoisotopic (exact) mass is 420 g/mol. The van der Waals surface area contributed by atoms with Gasteiger partial charge in [0, 0.05) is 25.1 Å². The molecule has 8 heteroatoms. The highest BCUT2D eigenvalue weighted by Gasteiger charge is 2.17. The van der Waals surface area contributed by atoms with E-state index in [0.717, 1.165) is 12.8 Å². The average Bonchev–Trinajstić information content (AvgIpc) is 3.22. The first kappa shape index (κ1) is 20.5. The second kappa shape index (κ2) is 9.34. The average molecular weight is 420 g/mol. The van der Waals surface area contributed by atoms with Gasteiger partial charge in [-0.15, -0.1) is 0 Å². The lowest BCUT2D eigenvalue weighted by Gasteiger charge is -2.07. The second-order valence-electron chi connectivity index (χ2n) is 7.15. The minimum atomic E-state index is -0.443. The van der Waals surface area contributed by atoms with E-state index < -0.39 is 5.82 Å². The number of nitrogens with zero attached hydrogens (tertiary/aromatic N) is 3. The molecular weight excluding hydrogens is 399 g/mol. The molecule has 158 valence electrons. The third-order valence-electron chi connectivity index (χ3n) is 4.95. The van der Waals surface area contributed by atoms with Gasteiger partial charge in [-0.25, -0.2) is 9.37 Å². The summed E-state index contributed by atoms with van der Waals surface area (Å²) in [7, 11) is 0. The van der Waals surface area contributed by atoms with Crippen LogP contribution < -0.4 is 10.9 Å². The molecule has 2 aromatic heterocycles. The van der Waals surface area contributed by atoms with Gasteiger partial charge in [-0.3, -0.25) is 14.2 Å². The molecule has 4 aromatic rings. The highest BCUT2D eigenvalue weighted by molar-refractivity contribution is 5.88. The number of aromatic nitrogens is 3. The predicted molar refractivity (Wildman–Crippen MR) is 114 cm³/mol. The fraction of sp³-hybridized carbons (Fsp3) is 0.217. The van der Waals surface area contributed by atoms with Gasteiger partial charge in [-0.05, 0) is 30.5 Å². The third kappa shape index (κ3) is 4.85. The first-order valence-electron chi connectivity index (χ1n) is 10.0. The van der Waals surface area contributed by atoms with E-state index in [2.05, 4.69) is 27.6 Å². The molecule has 0 unspecified atom stereocenters. The molecule has 2 aromatic carbocycles. The zero-order chi connectivity index (χ0) is 21.6. The molecule has 1 N–H and O–H groups in total. The van der Waals surface area contributed by atoms with E-state index in [4.69, 9.17) is 4.52 Å². The van der Waals surface area contributed by atoms with Crippen LogP contribution in [0.4, 0.5) is 4.39 Å². The number of carbonyl (C=O) groups excluding carboxylic acids is 1. The molecule has 0 saturated heterocycles. The van der Waals surface area contributed by atoms with Gasteiger partial charge in [0.1, 0.15) is 23.2 Å². The number of fused-ring (bicyclic) bond motifs is 1. The van der Waals surface area contributed by atoms with Gasteiger partial charge < -0.3 is 9.84 Å². The van der Waals surface area contributed by atoms with Crippen molar-refractivity contribution in [1.29, 1.82) is 0 Å². The first-order chi connectivity index (χ1) is 15.1. The van der Waals surface area contributed by atoms with Gasteiger partial charge in [0.25, 0.3) is 11.3 Å². The largest absolute Gasteiger partial charge is 0.356 e. The van der Waals surface area contributed by atoms with E-state index in [-0.39, 0.29) is 41.2 Å². The second-order valence-corrected chi connectivity index (χ2v) is 7.15. The molecule has 0 aliphatic carbocycles. The zero-order valence-electron chi connectivity index (χ0n) is 16.8. The smallest absolute Gasteiger partial charge is 0.266 e. The van der Waals surface area contributed by atoms with Crippen molar-refractivity contribution >= 4 is 17.0 Å². The first-order valence-corrected chi connectivity index (χ1v) is 10.0. The fourth-order valence-corrected chi connectivity index (χ4v) is 3.35. The maximum Gasteiger partial charge on any atom is 0.266 e. The number of halogens is 1. The lowest BCUT2D eigenvalue weighted by atomic mass is 10.1. The molecule has 0 atom stereocenters. The summed E-state index contributed by atoms with van der Waals surface area (Å²) in [6.07, 6.45) is 3.19. The fourth-order valence-electron chi connectivity index (χ4n) is 3.35. The highest BCUT2D eigenvalue weighted by atomic mass is 19.1. The Morgan fingerprint density at radius 1 is 1.13 bits per heavy atom. The maximum absolute atomic E-state index is 13.6. The van der Waals surface area contributed by atoms with Crippen LogP contribution in [0.15, 0.2) is 70.2 Å². The van der Waals surface area contributed by atoms with Crippen molar-refractivity contribution in [3.8, 4) is 11.3 Å². The number of rotatable bonds is 8. The molecule has 31 heavy (non-hydrogen) atoms. The topological polar surface area (TPSA) is 90.0 Å². The number of aryl methyl sites for hydroxylation is 2. The van der Waals surface area contributed by atoms with Gasteiger partial charge >= 0.3 is 0 Å². The molecule has 4 rings (SSSR count). The van der Waals surface area contributed by atoms with Crippen molar-refractivity contribution in [2.45, 2.75) is 25.8 Å². The molecule has 0 aliphatic rings. The van der Waals surface area contributed by atoms with Gasteiger partial charge in [-0.2, -0.15) is 0 Å². The third-order valence-corrected chi connectivity index (χ3v) is 4.95. The zero-order valence-corrected chi connectivity index (χ0v) is 16.8. The molecule has 0 fully saturated rings. The van der Waals surface area contributed by atoms with Gasteiger partial charge in [-0.1, -0.05) is 47.6 Å². The number of benzene rings is 2. The normalized spacial score (nSPS) is 11.0. The van der Waals surface area contributed by atoms with Crippen LogP contribution in [0.5, 0.6) is 0 Å². The Bertz CT molecular complexity index is 1250. The van der Waals surface area contributed by atoms with Crippen molar-refractivity contribution in [3.05, 3.63) is 82.7 Å². The minimum absolute atomic E-state index is 0.0749. The summed E-state index contributed by atoms with van der Waals surface area (Å²) in [4.78, 5) is 29.2. The molecule has 2 heterocycles. The van der Waals surface area contributed by atoms with Crippen LogP contribution in [0.3, 0.4) is 0 Å². The molecule has 0 radical (unpaired) electrons. The number of carbonyl (C=O) groups is 1. The quantitative estimate of drug-likeness (QED) is 0.442. The highest BCUT2D eigenvalue weighted by Crippen LogP contribution is 2.24.